The summed E-state index contributed by atoms with van der Waals surface area (Å²) in [7, 11) is 0. The average molecular weight is 402 g/mol. The molecule has 0 radical (unpaired) electrons. The zero-order chi connectivity index (χ0) is 15.5. The molecule has 124 valence electrons. The number of aryl methyl sites for hydroxylation is 1. The molecule has 1 saturated heterocycles. The van der Waals surface area contributed by atoms with Crippen LogP contribution in [0.4, 0.5) is 0 Å². The van der Waals surface area contributed by atoms with Crippen molar-refractivity contribution in [3.63, 3.8) is 0 Å². The van der Waals surface area contributed by atoms with Crippen molar-refractivity contribution in [2.24, 2.45) is 5.92 Å². The third kappa shape index (κ3) is 4.31. The molecule has 1 aromatic heterocycles. The fraction of sp³-hybridized carbons (Fsp3) is 0.400. The van der Waals surface area contributed by atoms with Gasteiger partial charge in [-0.2, -0.15) is 0 Å². The molecular weight excluding hydrogens is 384 g/mol. The van der Waals surface area contributed by atoms with Gasteiger partial charge in [-0.25, -0.2) is 4.98 Å². The van der Waals surface area contributed by atoms with Crippen molar-refractivity contribution in [3.05, 3.63) is 39.4 Å². The second-order valence-electron chi connectivity index (χ2n) is 5.48. The summed E-state index contributed by atoms with van der Waals surface area (Å²) in [5.74, 6) is 0.500. The summed E-state index contributed by atoms with van der Waals surface area (Å²) in [6.07, 6.45) is 1.78. The van der Waals surface area contributed by atoms with Gasteiger partial charge in [-0.05, 0) is 18.2 Å². The Kier molecular flexibility index (Phi) is 6.15. The van der Waals surface area contributed by atoms with Crippen LogP contribution < -0.4 is 16.2 Å². The van der Waals surface area contributed by atoms with Crippen LogP contribution in [0, 0.1) is 5.92 Å². The summed E-state index contributed by atoms with van der Waals surface area (Å²) in [5, 5.41) is 6.61. The lowest BCUT2D eigenvalue weighted by Crippen LogP contribution is -2.48. The smallest absolute Gasteiger partial charge is 0.261 e. The molecule has 0 aliphatic carbocycles. The molecule has 1 aliphatic rings. The predicted octanol–water partition coefficient (Wildman–Crippen LogP) is 1.31. The number of nitrogens with zero attached hydrogens (tertiary/aromatic N) is 2. The van der Waals surface area contributed by atoms with Crippen molar-refractivity contribution in [3.8, 4) is 0 Å². The van der Waals surface area contributed by atoms with Crippen molar-refractivity contribution in [2.75, 3.05) is 19.6 Å². The van der Waals surface area contributed by atoms with Crippen LogP contribution in [0.5, 0.6) is 0 Å². The minimum Gasteiger partial charge on any atom is -0.356 e. The number of fused-ring (bicyclic) bond motifs is 1. The van der Waals surface area contributed by atoms with Crippen LogP contribution in [0.1, 0.15) is 6.42 Å². The Hall–Kier alpha value is -1.44. The number of hydrogen-bond acceptors (Lipinski definition) is 4. The van der Waals surface area contributed by atoms with Gasteiger partial charge in [0.05, 0.1) is 17.2 Å². The topological polar surface area (TPSA) is 76.0 Å². The van der Waals surface area contributed by atoms with Crippen LogP contribution in [0.15, 0.2) is 33.8 Å². The maximum absolute atomic E-state index is 12.4. The summed E-state index contributed by atoms with van der Waals surface area (Å²) < 4.78 is 2.32. The van der Waals surface area contributed by atoms with Crippen LogP contribution >= 0.6 is 28.3 Å². The molecule has 2 N–H and O–H groups in total. The Morgan fingerprint density at radius 2 is 2.22 bits per heavy atom. The number of benzene rings is 1. The number of aromatic nitrogens is 2. The molecule has 0 unspecified atom stereocenters. The molecule has 1 aliphatic heterocycles. The van der Waals surface area contributed by atoms with E-state index in [1.165, 1.54) is 10.9 Å². The Labute approximate surface area is 148 Å². The molecule has 0 atom stereocenters. The van der Waals surface area contributed by atoms with Crippen LogP contribution in [0.25, 0.3) is 10.9 Å². The van der Waals surface area contributed by atoms with Crippen molar-refractivity contribution in [1.29, 1.82) is 0 Å². The Balaban J connectivity index is 0.00000192. The highest BCUT2D eigenvalue weighted by Crippen LogP contribution is 2.14. The highest BCUT2D eigenvalue weighted by Gasteiger charge is 2.17. The van der Waals surface area contributed by atoms with Crippen molar-refractivity contribution in [2.45, 2.75) is 13.0 Å². The molecule has 2 aromatic rings. The molecule has 8 heteroatoms. The second kappa shape index (κ2) is 7.90. The molecule has 2 heterocycles. The highest BCUT2D eigenvalue weighted by atomic mass is 79.9. The molecule has 0 spiro atoms. The van der Waals surface area contributed by atoms with E-state index in [9.17, 15) is 9.59 Å². The number of nitrogens with one attached hydrogen (secondary N) is 2. The molecular formula is C15H18BrClN4O2. The van der Waals surface area contributed by atoms with Crippen LogP contribution in [-0.4, -0.2) is 35.1 Å². The molecule has 0 bridgehead atoms. The molecule has 6 nitrogen and oxygen atoms in total. The van der Waals surface area contributed by atoms with E-state index < -0.39 is 0 Å². The van der Waals surface area contributed by atoms with Crippen molar-refractivity contribution < 1.29 is 4.79 Å². The first-order valence-corrected chi connectivity index (χ1v) is 8.05. The monoisotopic (exact) mass is 400 g/mol. The third-order valence-corrected chi connectivity index (χ3v) is 4.31. The number of halogens is 2. The number of amides is 1. The normalized spacial score (nSPS) is 14.1. The number of carbonyl (C=O) groups excluding carboxylic acids is 1. The standard InChI is InChI=1S/C15H17BrN4O2.ClH/c16-11-1-2-13-12(5-11)15(22)20(9-19-13)4-3-14(21)18-8-10-6-17-7-10;/h1-2,5,9-10,17H,3-4,6-8H2,(H,18,21);1H. The molecule has 23 heavy (non-hydrogen) atoms. The van der Waals surface area contributed by atoms with Crippen LogP contribution in [0.3, 0.4) is 0 Å². The molecule has 0 saturated carbocycles. The van der Waals surface area contributed by atoms with Gasteiger partial charge in [0.15, 0.2) is 0 Å². The quantitative estimate of drug-likeness (QED) is 0.792. The maximum Gasteiger partial charge on any atom is 0.261 e. The van der Waals surface area contributed by atoms with E-state index in [0.29, 0.717) is 29.9 Å². The zero-order valence-electron chi connectivity index (χ0n) is 12.4. The van der Waals surface area contributed by atoms with E-state index in [1.807, 2.05) is 6.07 Å². The van der Waals surface area contributed by atoms with Crippen molar-refractivity contribution in [1.82, 2.24) is 20.2 Å². The average Bonchev–Trinajstić information content (AvgIpc) is 2.45. The van der Waals surface area contributed by atoms with E-state index in [2.05, 4.69) is 31.5 Å². The van der Waals surface area contributed by atoms with Crippen LogP contribution in [-0.2, 0) is 11.3 Å². The Morgan fingerprint density at radius 3 is 2.91 bits per heavy atom. The van der Waals surface area contributed by atoms with Gasteiger partial charge in [0.1, 0.15) is 0 Å². The molecule has 1 amide bonds. The summed E-state index contributed by atoms with van der Waals surface area (Å²) in [6.45, 7) is 2.96. The Bertz CT molecular complexity index is 761. The van der Waals surface area contributed by atoms with Gasteiger partial charge in [-0.1, -0.05) is 15.9 Å². The zero-order valence-corrected chi connectivity index (χ0v) is 14.8. The highest BCUT2D eigenvalue weighted by molar-refractivity contribution is 9.10. The van der Waals surface area contributed by atoms with Gasteiger partial charge in [-0.15, -0.1) is 12.4 Å². The molecule has 1 aromatic carbocycles. The lowest BCUT2D eigenvalue weighted by molar-refractivity contribution is -0.121. The number of rotatable bonds is 5. The van der Waals surface area contributed by atoms with Gasteiger partial charge in [0.2, 0.25) is 5.91 Å². The van der Waals surface area contributed by atoms with Gasteiger partial charge in [-0.3, -0.25) is 14.2 Å². The van der Waals surface area contributed by atoms with Crippen molar-refractivity contribution >= 4 is 45.1 Å². The summed E-state index contributed by atoms with van der Waals surface area (Å²) in [4.78, 5) is 28.5. The van der Waals surface area contributed by atoms with E-state index in [0.717, 1.165) is 17.6 Å². The Morgan fingerprint density at radius 1 is 1.43 bits per heavy atom. The number of hydrogen-bond donors (Lipinski definition) is 2. The van der Waals surface area contributed by atoms with E-state index in [4.69, 9.17) is 0 Å². The van der Waals surface area contributed by atoms with Gasteiger partial charge in [0.25, 0.3) is 5.56 Å². The molecule has 3 rings (SSSR count). The van der Waals surface area contributed by atoms with Gasteiger partial charge >= 0.3 is 0 Å². The maximum atomic E-state index is 12.4. The summed E-state index contributed by atoms with van der Waals surface area (Å²) in [6, 6.07) is 5.40. The SMILES string of the molecule is Cl.O=C(CCn1cnc2ccc(Br)cc2c1=O)NCC1CNC1. The first-order chi connectivity index (χ1) is 10.6. The fourth-order valence-electron chi connectivity index (χ4n) is 2.35. The summed E-state index contributed by atoms with van der Waals surface area (Å²) >= 11 is 3.35. The lowest BCUT2D eigenvalue weighted by Gasteiger charge is -2.27. The summed E-state index contributed by atoms with van der Waals surface area (Å²) in [5.41, 5.74) is 0.536. The lowest BCUT2D eigenvalue weighted by atomic mass is 10.0. The largest absolute Gasteiger partial charge is 0.356 e. The first kappa shape index (κ1) is 17.9. The molecule has 1 fully saturated rings. The number of carbonyl (C=O) groups is 1. The second-order valence-corrected chi connectivity index (χ2v) is 6.40. The predicted molar refractivity (Wildman–Crippen MR) is 94.9 cm³/mol. The minimum absolute atomic E-state index is 0. The van der Waals surface area contributed by atoms with E-state index in [-0.39, 0.29) is 30.3 Å². The van der Waals surface area contributed by atoms with Gasteiger partial charge < -0.3 is 10.6 Å². The van der Waals surface area contributed by atoms with E-state index >= 15 is 0 Å². The van der Waals surface area contributed by atoms with E-state index in [1.54, 1.807) is 12.1 Å². The minimum atomic E-state index is -0.123. The third-order valence-electron chi connectivity index (χ3n) is 3.82. The first-order valence-electron chi connectivity index (χ1n) is 7.25. The van der Waals surface area contributed by atoms with Crippen LogP contribution in [0.2, 0.25) is 0 Å². The van der Waals surface area contributed by atoms with Gasteiger partial charge in [0, 0.05) is 43.0 Å². The fourth-order valence-corrected chi connectivity index (χ4v) is 2.71.